The van der Waals surface area contributed by atoms with Crippen LogP contribution in [0.5, 0.6) is 5.75 Å². The molecule has 0 radical (unpaired) electrons. The first-order valence-electron chi connectivity index (χ1n) is 4.93. The van der Waals surface area contributed by atoms with E-state index in [-0.39, 0.29) is 17.2 Å². The highest BCUT2D eigenvalue weighted by Gasteiger charge is 2.13. The highest BCUT2D eigenvalue weighted by molar-refractivity contribution is 5.96. The van der Waals surface area contributed by atoms with Gasteiger partial charge in [-0.05, 0) is 19.1 Å². The lowest BCUT2D eigenvalue weighted by Gasteiger charge is -2.10. The maximum atomic E-state index is 11.3. The fourth-order valence-electron chi connectivity index (χ4n) is 1.20. The van der Waals surface area contributed by atoms with Crippen LogP contribution in [0.3, 0.4) is 0 Å². The normalized spacial score (nSPS) is 11.7. The van der Waals surface area contributed by atoms with Gasteiger partial charge in [0, 0.05) is 11.8 Å². The molecule has 17 heavy (non-hydrogen) atoms. The van der Waals surface area contributed by atoms with Crippen LogP contribution in [0.4, 0.5) is 5.69 Å². The average molecular weight is 238 g/mol. The summed E-state index contributed by atoms with van der Waals surface area (Å²) in [6, 6.07) is 3.63. The highest BCUT2D eigenvalue weighted by atomic mass is 16.5. The van der Waals surface area contributed by atoms with Gasteiger partial charge in [0.05, 0.1) is 13.2 Å². The van der Waals surface area contributed by atoms with Crippen LogP contribution in [0.25, 0.3) is 0 Å². The van der Waals surface area contributed by atoms with E-state index in [1.807, 2.05) is 0 Å². The molecule has 0 aliphatic carbocycles. The maximum absolute atomic E-state index is 11.3. The number of carbonyl (C=O) groups excluding carboxylic acids is 1. The van der Waals surface area contributed by atoms with Gasteiger partial charge in [-0.1, -0.05) is 0 Å². The van der Waals surface area contributed by atoms with Crippen LogP contribution >= 0.6 is 0 Å². The van der Waals surface area contributed by atoms with Crippen molar-refractivity contribution < 1.29 is 19.4 Å². The predicted molar refractivity (Wildman–Crippen MR) is 62.2 cm³/mol. The molecule has 0 aliphatic rings. The fraction of sp³-hybridized carbons (Fsp3) is 0.273. The second-order valence-corrected chi connectivity index (χ2v) is 3.50. The lowest BCUT2D eigenvalue weighted by molar-refractivity contribution is -0.117. The summed E-state index contributed by atoms with van der Waals surface area (Å²) in [5.41, 5.74) is 5.87. The van der Waals surface area contributed by atoms with Crippen LogP contribution < -0.4 is 15.8 Å². The number of methoxy groups -OCH3 is 1. The van der Waals surface area contributed by atoms with Crippen molar-refractivity contribution in [1.82, 2.24) is 0 Å². The first-order chi connectivity index (χ1) is 7.95. The van der Waals surface area contributed by atoms with Gasteiger partial charge in [-0.15, -0.1) is 0 Å². The van der Waals surface area contributed by atoms with Gasteiger partial charge in [-0.25, -0.2) is 4.79 Å². The number of carbonyl (C=O) groups is 2. The molecule has 6 heteroatoms. The van der Waals surface area contributed by atoms with Crippen molar-refractivity contribution >= 4 is 17.6 Å². The van der Waals surface area contributed by atoms with Crippen molar-refractivity contribution in [2.45, 2.75) is 13.0 Å². The summed E-state index contributed by atoms with van der Waals surface area (Å²) in [6.07, 6.45) is 0. The molecular formula is C11H14N2O4. The third-order valence-corrected chi connectivity index (χ3v) is 2.11. The number of hydrogen-bond acceptors (Lipinski definition) is 4. The molecule has 0 aromatic heterocycles. The Labute approximate surface area is 98.4 Å². The third-order valence-electron chi connectivity index (χ3n) is 2.11. The number of carboxylic acid groups (broad SMARTS) is 1. The lowest BCUT2D eigenvalue weighted by Crippen LogP contribution is -2.32. The van der Waals surface area contributed by atoms with Crippen LogP contribution in [-0.2, 0) is 4.79 Å². The molecule has 1 amide bonds. The smallest absolute Gasteiger partial charge is 0.339 e. The van der Waals surface area contributed by atoms with Crippen LogP contribution in [-0.4, -0.2) is 30.1 Å². The number of anilines is 1. The van der Waals surface area contributed by atoms with Gasteiger partial charge >= 0.3 is 5.97 Å². The molecule has 1 aromatic carbocycles. The van der Waals surface area contributed by atoms with Gasteiger partial charge in [0.1, 0.15) is 11.3 Å². The molecule has 0 bridgehead atoms. The molecule has 0 saturated heterocycles. The van der Waals surface area contributed by atoms with Crippen molar-refractivity contribution in [2.24, 2.45) is 5.73 Å². The summed E-state index contributed by atoms with van der Waals surface area (Å²) in [5, 5.41) is 11.4. The van der Waals surface area contributed by atoms with Gasteiger partial charge in [0.15, 0.2) is 0 Å². The van der Waals surface area contributed by atoms with E-state index in [9.17, 15) is 9.59 Å². The van der Waals surface area contributed by atoms with E-state index in [1.54, 1.807) is 6.92 Å². The van der Waals surface area contributed by atoms with Gasteiger partial charge in [0.2, 0.25) is 5.91 Å². The zero-order valence-electron chi connectivity index (χ0n) is 9.56. The minimum atomic E-state index is -1.09. The Hall–Kier alpha value is -2.08. The molecule has 1 aromatic rings. The molecular weight excluding hydrogens is 224 g/mol. The minimum Gasteiger partial charge on any atom is -0.496 e. The molecule has 0 aliphatic heterocycles. The number of carboxylic acids is 1. The Kier molecular flexibility index (Phi) is 4.06. The summed E-state index contributed by atoms with van der Waals surface area (Å²) in [7, 11) is 1.36. The molecule has 4 N–H and O–H groups in total. The lowest BCUT2D eigenvalue weighted by atomic mass is 10.1. The summed E-state index contributed by atoms with van der Waals surface area (Å²) in [4.78, 5) is 22.2. The van der Waals surface area contributed by atoms with E-state index >= 15 is 0 Å². The Morgan fingerprint density at radius 1 is 1.47 bits per heavy atom. The second-order valence-electron chi connectivity index (χ2n) is 3.50. The van der Waals surface area contributed by atoms with Crippen molar-refractivity contribution in [2.75, 3.05) is 12.4 Å². The molecule has 6 nitrogen and oxygen atoms in total. The van der Waals surface area contributed by atoms with Crippen LogP contribution in [0.2, 0.25) is 0 Å². The SMILES string of the molecule is COc1cc(NC(=O)[C@@H](C)N)ccc1C(=O)O. The number of ether oxygens (including phenoxy) is 1. The summed E-state index contributed by atoms with van der Waals surface area (Å²) in [6.45, 7) is 1.55. The molecule has 0 fully saturated rings. The zero-order valence-corrected chi connectivity index (χ0v) is 9.56. The van der Waals surface area contributed by atoms with Crippen molar-refractivity contribution in [3.8, 4) is 5.75 Å². The van der Waals surface area contributed by atoms with Crippen molar-refractivity contribution in [1.29, 1.82) is 0 Å². The Bertz CT molecular complexity index is 443. The molecule has 0 spiro atoms. The molecule has 0 unspecified atom stereocenters. The number of benzene rings is 1. The highest BCUT2D eigenvalue weighted by Crippen LogP contribution is 2.23. The number of aromatic carboxylic acids is 1. The number of hydrogen-bond donors (Lipinski definition) is 3. The Balaban J connectivity index is 2.98. The van der Waals surface area contributed by atoms with Crippen molar-refractivity contribution in [3.05, 3.63) is 23.8 Å². The molecule has 92 valence electrons. The van der Waals surface area contributed by atoms with Gasteiger partial charge in [-0.2, -0.15) is 0 Å². The maximum Gasteiger partial charge on any atom is 0.339 e. The average Bonchev–Trinajstić information content (AvgIpc) is 2.28. The minimum absolute atomic E-state index is 0.0336. The second kappa shape index (κ2) is 5.31. The van der Waals surface area contributed by atoms with Gasteiger partial charge in [-0.3, -0.25) is 4.79 Å². The van der Waals surface area contributed by atoms with E-state index in [0.717, 1.165) is 0 Å². The summed E-state index contributed by atoms with van der Waals surface area (Å²) < 4.78 is 4.93. The van der Waals surface area contributed by atoms with Crippen LogP contribution in [0, 0.1) is 0 Å². The van der Waals surface area contributed by atoms with Gasteiger partial charge < -0.3 is 20.9 Å². The van der Waals surface area contributed by atoms with E-state index in [2.05, 4.69) is 5.32 Å². The van der Waals surface area contributed by atoms with Crippen molar-refractivity contribution in [3.63, 3.8) is 0 Å². The molecule has 1 atom stereocenters. The zero-order chi connectivity index (χ0) is 13.0. The number of nitrogens with one attached hydrogen (secondary N) is 1. The van der Waals surface area contributed by atoms with E-state index in [0.29, 0.717) is 5.69 Å². The van der Waals surface area contributed by atoms with Crippen LogP contribution in [0.15, 0.2) is 18.2 Å². The monoisotopic (exact) mass is 238 g/mol. The quantitative estimate of drug-likeness (QED) is 0.715. The van der Waals surface area contributed by atoms with Gasteiger partial charge in [0.25, 0.3) is 0 Å². The topological polar surface area (TPSA) is 102 Å². The predicted octanol–water partition coefficient (Wildman–Crippen LogP) is 0.679. The van der Waals surface area contributed by atoms with E-state index < -0.39 is 12.0 Å². The standard InChI is InChI=1S/C11H14N2O4/c1-6(12)10(14)13-7-3-4-8(11(15)16)9(5-7)17-2/h3-6H,12H2,1-2H3,(H,13,14)(H,15,16)/t6-/m1/s1. The Morgan fingerprint density at radius 2 is 2.12 bits per heavy atom. The summed E-state index contributed by atoms with van der Waals surface area (Å²) in [5.74, 6) is -1.26. The number of nitrogens with two attached hydrogens (primary N) is 1. The Morgan fingerprint density at radius 3 is 2.59 bits per heavy atom. The number of rotatable bonds is 4. The fourth-order valence-corrected chi connectivity index (χ4v) is 1.20. The molecule has 1 rings (SSSR count). The first-order valence-corrected chi connectivity index (χ1v) is 4.93. The van der Waals surface area contributed by atoms with Crippen LogP contribution in [0.1, 0.15) is 17.3 Å². The first kappa shape index (κ1) is 13.0. The molecule has 0 saturated carbocycles. The number of amides is 1. The van der Waals surface area contributed by atoms with E-state index in [1.165, 1.54) is 25.3 Å². The largest absolute Gasteiger partial charge is 0.496 e. The van der Waals surface area contributed by atoms with E-state index in [4.69, 9.17) is 15.6 Å². The molecule has 0 heterocycles. The summed E-state index contributed by atoms with van der Waals surface area (Å²) >= 11 is 0. The third kappa shape index (κ3) is 3.18.